The highest BCUT2D eigenvalue weighted by atomic mass is 127. The molecule has 20 heavy (non-hydrogen) atoms. The van der Waals surface area contributed by atoms with Crippen LogP contribution in [0, 0.1) is 21.0 Å². The summed E-state index contributed by atoms with van der Waals surface area (Å²) in [5.41, 5.74) is 0.940. The van der Waals surface area contributed by atoms with Gasteiger partial charge in [0.2, 0.25) is 0 Å². The monoisotopic (exact) mass is 391 g/mol. The third kappa shape index (κ3) is 3.32. The molecule has 0 aliphatic heterocycles. The van der Waals surface area contributed by atoms with Crippen LogP contribution in [0.2, 0.25) is 0 Å². The molecule has 5 heteroatoms. The van der Waals surface area contributed by atoms with Gasteiger partial charge in [0.05, 0.1) is 6.04 Å². The minimum absolute atomic E-state index is 0.219. The normalized spacial score (nSPS) is 12.4. The number of halogens is 4. The summed E-state index contributed by atoms with van der Waals surface area (Å²) in [6, 6.07) is 7.12. The van der Waals surface area contributed by atoms with E-state index in [1.54, 1.807) is 6.07 Å². The maximum absolute atomic E-state index is 14.0. The Balaban J connectivity index is 2.53. The minimum Gasteiger partial charge on any atom is -0.306 e. The first-order chi connectivity index (χ1) is 9.52. The molecule has 0 heterocycles. The molecule has 0 saturated carbocycles. The van der Waals surface area contributed by atoms with Gasteiger partial charge in [-0.1, -0.05) is 13.0 Å². The summed E-state index contributed by atoms with van der Waals surface area (Å²) in [6.07, 6.45) is 0. The molecule has 2 rings (SSSR count). The largest absolute Gasteiger partial charge is 0.306 e. The maximum Gasteiger partial charge on any atom is 0.128 e. The number of benzene rings is 2. The Morgan fingerprint density at radius 3 is 2.30 bits per heavy atom. The van der Waals surface area contributed by atoms with E-state index in [9.17, 15) is 13.2 Å². The predicted molar refractivity (Wildman–Crippen MR) is 81.0 cm³/mol. The topological polar surface area (TPSA) is 12.0 Å². The van der Waals surface area contributed by atoms with Crippen LogP contribution in [0.3, 0.4) is 0 Å². The first-order valence-corrected chi connectivity index (χ1v) is 7.24. The van der Waals surface area contributed by atoms with Crippen LogP contribution < -0.4 is 5.32 Å². The SMILES string of the molecule is CCNC(c1cc(F)ccc1F)c1ccc(F)cc1I. The van der Waals surface area contributed by atoms with Gasteiger partial charge < -0.3 is 5.32 Å². The Morgan fingerprint density at radius 1 is 1.00 bits per heavy atom. The molecule has 0 spiro atoms. The molecule has 1 atom stereocenters. The summed E-state index contributed by atoms with van der Waals surface area (Å²) < 4.78 is 41.2. The minimum atomic E-state index is -0.511. The molecule has 0 aliphatic rings. The molecule has 1 unspecified atom stereocenters. The molecule has 0 aromatic heterocycles. The van der Waals surface area contributed by atoms with Crippen molar-refractivity contribution < 1.29 is 13.2 Å². The molecule has 0 amide bonds. The van der Waals surface area contributed by atoms with E-state index in [1.165, 1.54) is 18.2 Å². The van der Waals surface area contributed by atoms with Crippen LogP contribution in [0.5, 0.6) is 0 Å². The Labute approximate surface area is 129 Å². The number of hydrogen-bond acceptors (Lipinski definition) is 1. The average molecular weight is 391 g/mol. The van der Waals surface area contributed by atoms with Gasteiger partial charge in [-0.15, -0.1) is 0 Å². The average Bonchev–Trinajstić information content (AvgIpc) is 2.40. The van der Waals surface area contributed by atoms with Crippen LogP contribution >= 0.6 is 22.6 Å². The summed E-state index contributed by atoms with van der Waals surface area (Å²) in [7, 11) is 0. The summed E-state index contributed by atoms with van der Waals surface area (Å²) in [4.78, 5) is 0. The lowest BCUT2D eigenvalue weighted by Gasteiger charge is -2.21. The van der Waals surface area contributed by atoms with Crippen LogP contribution in [0.1, 0.15) is 24.1 Å². The van der Waals surface area contributed by atoms with Gasteiger partial charge in [-0.2, -0.15) is 0 Å². The van der Waals surface area contributed by atoms with Crippen molar-refractivity contribution in [2.45, 2.75) is 13.0 Å². The van der Waals surface area contributed by atoms with E-state index in [-0.39, 0.29) is 11.4 Å². The molecule has 0 fully saturated rings. The highest BCUT2D eigenvalue weighted by Crippen LogP contribution is 2.29. The van der Waals surface area contributed by atoms with Crippen LogP contribution in [0.25, 0.3) is 0 Å². The zero-order chi connectivity index (χ0) is 14.7. The highest BCUT2D eigenvalue weighted by Gasteiger charge is 2.20. The van der Waals surface area contributed by atoms with Crippen molar-refractivity contribution in [3.63, 3.8) is 0 Å². The molecule has 1 nitrogen and oxygen atoms in total. The van der Waals surface area contributed by atoms with Gasteiger partial charge in [-0.3, -0.25) is 0 Å². The van der Waals surface area contributed by atoms with E-state index in [4.69, 9.17) is 0 Å². The van der Waals surface area contributed by atoms with Crippen molar-refractivity contribution in [3.8, 4) is 0 Å². The molecule has 0 saturated heterocycles. The zero-order valence-corrected chi connectivity index (χ0v) is 12.9. The quantitative estimate of drug-likeness (QED) is 0.762. The predicted octanol–water partition coefficient (Wildman–Crippen LogP) is 4.41. The van der Waals surface area contributed by atoms with Crippen LogP contribution in [-0.4, -0.2) is 6.54 Å². The Kier molecular flexibility index (Phi) is 5.04. The van der Waals surface area contributed by atoms with Gasteiger partial charge in [0.1, 0.15) is 17.5 Å². The van der Waals surface area contributed by atoms with Crippen molar-refractivity contribution in [1.29, 1.82) is 0 Å². The molecular weight excluding hydrogens is 378 g/mol. The molecule has 1 N–H and O–H groups in total. The molecule has 106 valence electrons. The Hall–Kier alpha value is -1.08. The number of rotatable bonds is 4. The van der Waals surface area contributed by atoms with Gasteiger partial charge >= 0.3 is 0 Å². The zero-order valence-electron chi connectivity index (χ0n) is 10.8. The third-order valence-electron chi connectivity index (χ3n) is 2.95. The van der Waals surface area contributed by atoms with Gasteiger partial charge in [-0.25, -0.2) is 13.2 Å². The lowest BCUT2D eigenvalue weighted by molar-refractivity contribution is 0.543. The fourth-order valence-corrected chi connectivity index (χ4v) is 2.85. The Morgan fingerprint density at radius 2 is 1.65 bits per heavy atom. The molecule has 0 aliphatic carbocycles. The third-order valence-corrected chi connectivity index (χ3v) is 3.89. The van der Waals surface area contributed by atoms with Crippen LogP contribution in [-0.2, 0) is 0 Å². The fraction of sp³-hybridized carbons (Fsp3) is 0.200. The first kappa shape index (κ1) is 15.3. The van der Waals surface area contributed by atoms with E-state index in [2.05, 4.69) is 5.32 Å². The highest BCUT2D eigenvalue weighted by molar-refractivity contribution is 14.1. The van der Waals surface area contributed by atoms with E-state index in [0.29, 0.717) is 10.1 Å². The second-order valence-electron chi connectivity index (χ2n) is 4.32. The first-order valence-electron chi connectivity index (χ1n) is 6.16. The van der Waals surface area contributed by atoms with Gasteiger partial charge in [0.15, 0.2) is 0 Å². The molecule has 2 aromatic carbocycles. The van der Waals surface area contributed by atoms with E-state index in [0.717, 1.165) is 17.7 Å². The maximum atomic E-state index is 14.0. The lowest BCUT2D eigenvalue weighted by Crippen LogP contribution is -2.24. The molecule has 0 bridgehead atoms. The standard InChI is InChI=1S/C15H13F3IN/c1-2-20-15(11-5-3-10(17)8-14(11)19)12-7-9(16)4-6-13(12)18/h3-8,15,20H,2H2,1H3. The van der Waals surface area contributed by atoms with Crippen molar-refractivity contribution in [2.75, 3.05) is 6.54 Å². The van der Waals surface area contributed by atoms with E-state index < -0.39 is 17.7 Å². The second kappa shape index (κ2) is 6.58. The Bertz CT molecular complexity index is 616. The summed E-state index contributed by atoms with van der Waals surface area (Å²) in [5, 5.41) is 3.11. The smallest absolute Gasteiger partial charge is 0.128 e. The summed E-state index contributed by atoms with van der Waals surface area (Å²) in [5.74, 6) is -1.34. The van der Waals surface area contributed by atoms with Crippen molar-refractivity contribution in [2.24, 2.45) is 0 Å². The molecule has 2 aromatic rings. The van der Waals surface area contributed by atoms with Crippen molar-refractivity contribution in [1.82, 2.24) is 5.32 Å². The molecular formula is C15H13F3IN. The van der Waals surface area contributed by atoms with Gasteiger partial charge in [0.25, 0.3) is 0 Å². The van der Waals surface area contributed by atoms with Crippen molar-refractivity contribution >= 4 is 22.6 Å². The van der Waals surface area contributed by atoms with E-state index in [1.807, 2.05) is 29.5 Å². The summed E-state index contributed by atoms with van der Waals surface area (Å²) >= 11 is 1.99. The summed E-state index contributed by atoms with van der Waals surface area (Å²) in [6.45, 7) is 2.45. The van der Waals surface area contributed by atoms with E-state index >= 15 is 0 Å². The van der Waals surface area contributed by atoms with Gasteiger partial charge in [-0.05, 0) is 65.0 Å². The van der Waals surface area contributed by atoms with Crippen LogP contribution in [0.15, 0.2) is 36.4 Å². The number of hydrogen-bond donors (Lipinski definition) is 1. The molecule has 0 radical (unpaired) electrons. The lowest BCUT2D eigenvalue weighted by atomic mass is 9.98. The fourth-order valence-electron chi connectivity index (χ4n) is 2.06. The van der Waals surface area contributed by atoms with Crippen molar-refractivity contribution in [3.05, 3.63) is 68.5 Å². The van der Waals surface area contributed by atoms with Gasteiger partial charge in [0, 0.05) is 9.13 Å². The second-order valence-corrected chi connectivity index (χ2v) is 5.48. The van der Waals surface area contributed by atoms with Crippen LogP contribution in [0.4, 0.5) is 13.2 Å². The number of nitrogens with one attached hydrogen (secondary N) is 1.